The summed E-state index contributed by atoms with van der Waals surface area (Å²) in [4.78, 5) is 17.9. The van der Waals surface area contributed by atoms with Crippen LogP contribution in [-0.2, 0) is 14.8 Å². The summed E-state index contributed by atoms with van der Waals surface area (Å²) in [6.07, 6.45) is 0. The minimum Gasteiger partial charge on any atom is -0.493 e. The monoisotopic (exact) mass is 477 g/mol. The van der Waals surface area contributed by atoms with Crippen molar-refractivity contribution < 1.29 is 17.9 Å². The Bertz CT molecular complexity index is 1220. The SMILES string of the molecule is COC[C@@H](C)n1c(SCCOc2ccc(S(=O)(=O)N(C)C)cc2)nc2ccccc2c1=O. The fraction of sp³-hybridized carbons (Fsp3) is 0.364. The Balaban J connectivity index is 1.71. The number of rotatable bonds is 10. The number of fused-ring (bicyclic) bond motifs is 1. The number of hydrogen-bond donors (Lipinski definition) is 0. The lowest BCUT2D eigenvalue weighted by Crippen LogP contribution is -2.28. The maximum Gasteiger partial charge on any atom is 0.262 e. The zero-order chi connectivity index (χ0) is 23.3. The molecule has 3 aromatic rings. The van der Waals surface area contributed by atoms with E-state index in [1.54, 1.807) is 29.9 Å². The van der Waals surface area contributed by atoms with Crippen molar-refractivity contribution in [1.82, 2.24) is 13.9 Å². The molecule has 0 radical (unpaired) electrons. The highest BCUT2D eigenvalue weighted by molar-refractivity contribution is 7.99. The summed E-state index contributed by atoms with van der Waals surface area (Å²) in [6.45, 7) is 2.68. The molecule has 0 bridgehead atoms. The quantitative estimate of drug-likeness (QED) is 0.252. The van der Waals surface area contributed by atoms with Crippen LogP contribution in [0.3, 0.4) is 0 Å². The van der Waals surface area contributed by atoms with Gasteiger partial charge in [-0.2, -0.15) is 0 Å². The van der Waals surface area contributed by atoms with Crippen molar-refractivity contribution in [2.24, 2.45) is 0 Å². The number of benzene rings is 2. The standard InChI is InChI=1S/C22H27N3O5S2/c1-16(15-29-4)25-21(26)19-7-5-6-8-20(19)23-22(25)31-14-13-30-17-9-11-18(12-10-17)32(27,28)24(2)3/h5-12,16H,13-15H2,1-4H3/t16-/m1/s1. The molecule has 0 aliphatic rings. The third kappa shape index (κ3) is 5.32. The normalized spacial score (nSPS) is 12.9. The Morgan fingerprint density at radius 1 is 1.12 bits per heavy atom. The van der Waals surface area contributed by atoms with E-state index in [0.29, 0.717) is 40.8 Å². The summed E-state index contributed by atoms with van der Waals surface area (Å²) in [5, 5.41) is 1.18. The maximum atomic E-state index is 13.1. The molecule has 8 nitrogen and oxygen atoms in total. The second kappa shape index (κ2) is 10.5. The number of aromatic nitrogens is 2. The number of methoxy groups -OCH3 is 1. The first-order chi connectivity index (χ1) is 15.3. The maximum absolute atomic E-state index is 13.1. The molecular weight excluding hydrogens is 450 g/mol. The van der Waals surface area contributed by atoms with E-state index in [0.717, 1.165) is 0 Å². The van der Waals surface area contributed by atoms with Gasteiger partial charge in [-0.25, -0.2) is 17.7 Å². The summed E-state index contributed by atoms with van der Waals surface area (Å²) in [5.41, 5.74) is 0.556. The van der Waals surface area contributed by atoms with Crippen LogP contribution in [0, 0.1) is 0 Å². The number of para-hydroxylation sites is 1. The molecule has 0 amide bonds. The van der Waals surface area contributed by atoms with E-state index in [-0.39, 0.29) is 16.5 Å². The summed E-state index contributed by atoms with van der Waals surface area (Å²) in [6, 6.07) is 13.4. The smallest absolute Gasteiger partial charge is 0.262 e. The molecule has 1 atom stereocenters. The zero-order valence-corrected chi connectivity index (χ0v) is 20.1. The van der Waals surface area contributed by atoms with Crippen molar-refractivity contribution >= 4 is 32.7 Å². The summed E-state index contributed by atoms with van der Waals surface area (Å²) in [5.74, 6) is 1.13. The lowest BCUT2D eigenvalue weighted by atomic mass is 10.2. The van der Waals surface area contributed by atoms with E-state index in [1.165, 1.54) is 42.3 Å². The largest absolute Gasteiger partial charge is 0.493 e. The molecule has 0 N–H and O–H groups in total. The van der Waals surface area contributed by atoms with Gasteiger partial charge in [0, 0.05) is 27.0 Å². The zero-order valence-electron chi connectivity index (χ0n) is 18.5. The van der Waals surface area contributed by atoms with Gasteiger partial charge in [0.05, 0.1) is 35.1 Å². The molecule has 0 fully saturated rings. The molecular formula is C22H27N3O5S2. The molecule has 1 aromatic heterocycles. The van der Waals surface area contributed by atoms with Crippen molar-refractivity contribution in [1.29, 1.82) is 0 Å². The van der Waals surface area contributed by atoms with Gasteiger partial charge in [-0.3, -0.25) is 9.36 Å². The fourth-order valence-corrected chi connectivity index (χ4v) is 4.96. The van der Waals surface area contributed by atoms with E-state index in [2.05, 4.69) is 4.98 Å². The first-order valence-corrected chi connectivity index (χ1v) is 12.5. The lowest BCUT2D eigenvalue weighted by molar-refractivity contribution is 0.156. The molecule has 32 heavy (non-hydrogen) atoms. The Hall–Kier alpha value is -2.40. The van der Waals surface area contributed by atoms with Gasteiger partial charge in [0.2, 0.25) is 10.0 Å². The van der Waals surface area contributed by atoms with Crippen molar-refractivity contribution in [3.63, 3.8) is 0 Å². The molecule has 172 valence electrons. The molecule has 3 rings (SSSR count). The van der Waals surface area contributed by atoms with Crippen molar-refractivity contribution in [3.8, 4) is 5.75 Å². The summed E-state index contributed by atoms with van der Waals surface area (Å²) in [7, 11) is 1.11. The van der Waals surface area contributed by atoms with Crippen LogP contribution in [0.1, 0.15) is 13.0 Å². The van der Waals surface area contributed by atoms with Crippen molar-refractivity contribution in [3.05, 3.63) is 58.9 Å². The predicted octanol–water partition coefficient (Wildman–Crippen LogP) is 3.03. The Labute approximate surface area is 192 Å². The minimum atomic E-state index is -3.47. The average molecular weight is 478 g/mol. The first-order valence-electron chi connectivity index (χ1n) is 10.0. The van der Waals surface area contributed by atoms with Crippen LogP contribution in [0.4, 0.5) is 0 Å². The second-order valence-corrected chi connectivity index (χ2v) is 10.6. The summed E-state index contributed by atoms with van der Waals surface area (Å²) < 4.78 is 38.1. The molecule has 0 saturated heterocycles. The lowest BCUT2D eigenvalue weighted by Gasteiger charge is -2.19. The highest BCUT2D eigenvalue weighted by Crippen LogP contribution is 2.22. The fourth-order valence-electron chi connectivity index (χ4n) is 3.14. The molecule has 0 aliphatic heterocycles. The molecule has 0 saturated carbocycles. The second-order valence-electron chi connectivity index (χ2n) is 7.35. The summed E-state index contributed by atoms with van der Waals surface area (Å²) >= 11 is 1.43. The molecule has 2 aromatic carbocycles. The highest BCUT2D eigenvalue weighted by Gasteiger charge is 2.18. The van der Waals surface area contributed by atoms with Gasteiger partial charge in [-0.1, -0.05) is 23.9 Å². The van der Waals surface area contributed by atoms with Gasteiger partial charge in [0.1, 0.15) is 5.75 Å². The Morgan fingerprint density at radius 2 is 1.81 bits per heavy atom. The molecule has 0 spiro atoms. The minimum absolute atomic E-state index is 0.0961. The molecule has 10 heteroatoms. The molecule has 0 unspecified atom stereocenters. The van der Waals surface area contributed by atoms with Crippen LogP contribution < -0.4 is 10.3 Å². The van der Waals surface area contributed by atoms with Gasteiger partial charge in [-0.15, -0.1) is 0 Å². The van der Waals surface area contributed by atoms with Gasteiger partial charge in [0.15, 0.2) is 5.16 Å². The van der Waals surface area contributed by atoms with Crippen LogP contribution in [-0.4, -0.2) is 62.4 Å². The van der Waals surface area contributed by atoms with Gasteiger partial charge in [0.25, 0.3) is 5.56 Å². The van der Waals surface area contributed by atoms with Crippen LogP contribution in [0.2, 0.25) is 0 Å². The van der Waals surface area contributed by atoms with Crippen molar-refractivity contribution in [2.75, 3.05) is 40.2 Å². The third-order valence-electron chi connectivity index (χ3n) is 4.81. The number of hydrogen-bond acceptors (Lipinski definition) is 7. The molecule has 0 aliphatic carbocycles. The van der Waals surface area contributed by atoms with E-state index >= 15 is 0 Å². The van der Waals surface area contributed by atoms with Crippen LogP contribution >= 0.6 is 11.8 Å². The van der Waals surface area contributed by atoms with E-state index in [9.17, 15) is 13.2 Å². The van der Waals surface area contributed by atoms with E-state index < -0.39 is 10.0 Å². The molecule has 1 heterocycles. The van der Waals surface area contributed by atoms with Crippen molar-refractivity contribution in [2.45, 2.75) is 23.0 Å². The Kier molecular flexibility index (Phi) is 7.94. The van der Waals surface area contributed by atoms with Crippen LogP contribution in [0.15, 0.2) is 63.4 Å². The first kappa shape index (κ1) is 24.2. The predicted molar refractivity (Wildman–Crippen MR) is 126 cm³/mol. The van der Waals surface area contributed by atoms with E-state index in [1.807, 2.05) is 25.1 Å². The van der Waals surface area contributed by atoms with Crippen LogP contribution in [0.5, 0.6) is 5.75 Å². The number of nitrogens with zero attached hydrogens (tertiary/aromatic N) is 3. The highest BCUT2D eigenvalue weighted by atomic mass is 32.2. The van der Waals surface area contributed by atoms with Gasteiger partial charge < -0.3 is 9.47 Å². The van der Waals surface area contributed by atoms with Crippen LogP contribution in [0.25, 0.3) is 10.9 Å². The Morgan fingerprint density at radius 3 is 2.47 bits per heavy atom. The van der Waals surface area contributed by atoms with Gasteiger partial charge in [-0.05, 0) is 43.3 Å². The van der Waals surface area contributed by atoms with E-state index in [4.69, 9.17) is 9.47 Å². The third-order valence-corrected chi connectivity index (χ3v) is 7.56. The number of ether oxygens (including phenoxy) is 2. The number of sulfonamides is 1. The average Bonchev–Trinajstić information content (AvgIpc) is 2.77. The number of thioether (sulfide) groups is 1. The van der Waals surface area contributed by atoms with Gasteiger partial charge >= 0.3 is 0 Å². The topological polar surface area (TPSA) is 90.7 Å².